The third kappa shape index (κ3) is 5.53. The molecule has 0 heterocycles. The molecule has 2 atom stereocenters. The van der Waals surface area contributed by atoms with Gasteiger partial charge in [-0.15, -0.1) is 0 Å². The molecule has 1 N–H and O–H groups in total. The Bertz CT molecular complexity index is 673. The zero-order valence-corrected chi connectivity index (χ0v) is 14.1. The van der Waals surface area contributed by atoms with E-state index in [1.54, 1.807) is 7.11 Å². The molecule has 0 saturated carbocycles. The molecule has 0 aliphatic rings. The van der Waals surface area contributed by atoms with Crippen LogP contribution in [0.1, 0.15) is 24.1 Å². The van der Waals surface area contributed by atoms with Crippen LogP contribution < -0.4 is 10.1 Å². The number of benzene rings is 2. The van der Waals surface area contributed by atoms with E-state index in [1.165, 1.54) is 0 Å². The molecule has 2 unspecified atom stereocenters. The maximum atomic E-state index is 12.1. The van der Waals surface area contributed by atoms with Gasteiger partial charge in [0.2, 0.25) is 5.91 Å². The van der Waals surface area contributed by atoms with E-state index in [0.717, 1.165) is 16.9 Å². The third-order valence-corrected chi connectivity index (χ3v) is 4.67. The lowest BCUT2D eigenvalue weighted by molar-refractivity contribution is -0.119. The molecule has 5 heteroatoms. The summed E-state index contributed by atoms with van der Waals surface area (Å²) >= 11 is 0. The van der Waals surface area contributed by atoms with Crippen molar-refractivity contribution in [2.75, 3.05) is 12.9 Å². The molecule has 0 radical (unpaired) electrons. The SMILES string of the molecule is COc1cccc(CS(=O)CC(=O)NC(C)c2ccccc2)c1. The van der Waals surface area contributed by atoms with Crippen molar-refractivity contribution in [2.45, 2.75) is 18.7 Å². The Balaban J connectivity index is 1.86. The van der Waals surface area contributed by atoms with E-state index in [-0.39, 0.29) is 17.7 Å². The molecule has 0 bridgehead atoms. The first-order chi connectivity index (χ1) is 11.1. The molecule has 0 saturated heterocycles. The molecule has 0 aliphatic carbocycles. The van der Waals surface area contributed by atoms with E-state index in [2.05, 4.69) is 5.32 Å². The zero-order chi connectivity index (χ0) is 16.7. The summed E-state index contributed by atoms with van der Waals surface area (Å²) < 4.78 is 17.3. The predicted octanol–water partition coefficient (Wildman–Crippen LogP) is 2.82. The number of methoxy groups -OCH3 is 1. The fourth-order valence-electron chi connectivity index (χ4n) is 2.25. The van der Waals surface area contributed by atoms with Crippen LogP contribution in [0.5, 0.6) is 5.75 Å². The molecule has 122 valence electrons. The maximum absolute atomic E-state index is 12.1. The first kappa shape index (κ1) is 17.2. The van der Waals surface area contributed by atoms with E-state index < -0.39 is 10.8 Å². The Morgan fingerprint density at radius 3 is 2.61 bits per heavy atom. The number of amides is 1. The second-order valence-corrected chi connectivity index (χ2v) is 6.74. The van der Waals surface area contributed by atoms with E-state index in [1.807, 2.05) is 61.5 Å². The average molecular weight is 331 g/mol. The Morgan fingerprint density at radius 2 is 1.91 bits per heavy atom. The minimum Gasteiger partial charge on any atom is -0.497 e. The van der Waals surface area contributed by atoms with Crippen LogP contribution in [0.15, 0.2) is 54.6 Å². The van der Waals surface area contributed by atoms with Gasteiger partial charge in [-0.05, 0) is 30.2 Å². The summed E-state index contributed by atoms with van der Waals surface area (Å²) in [5.41, 5.74) is 1.92. The third-order valence-electron chi connectivity index (χ3n) is 3.43. The lowest BCUT2D eigenvalue weighted by Crippen LogP contribution is -2.31. The standard InChI is InChI=1S/C18H21NO3S/c1-14(16-8-4-3-5-9-16)19-18(20)13-23(21)12-15-7-6-10-17(11-15)22-2/h3-11,14H,12-13H2,1-2H3,(H,19,20). The summed E-state index contributed by atoms with van der Waals surface area (Å²) in [5, 5.41) is 2.88. The van der Waals surface area contributed by atoms with Gasteiger partial charge in [0, 0.05) is 16.6 Å². The van der Waals surface area contributed by atoms with Crippen molar-refractivity contribution in [2.24, 2.45) is 0 Å². The number of carbonyl (C=O) groups excluding carboxylic acids is 1. The fourth-order valence-corrected chi connectivity index (χ4v) is 3.28. The summed E-state index contributed by atoms with van der Waals surface area (Å²) in [4.78, 5) is 12.0. The molecule has 0 spiro atoms. The smallest absolute Gasteiger partial charge is 0.233 e. The van der Waals surface area contributed by atoms with Crippen LogP contribution in [0.4, 0.5) is 0 Å². The quantitative estimate of drug-likeness (QED) is 0.849. The van der Waals surface area contributed by atoms with Gasteiger partial charge in [0.25, 0.3) is 0 Å². The molecule has 0 aromatic heterocycles. The Kier molecular flexibility index (Phi) is 6.35. The fraction of sp³-hybridized carbons (Fsp3) is 0.278. The minimum atomic E-state index is -1.25. The number of rotatable bonds is 7. The molecule has 0 aliphatic heterocycles. The van der Waals surface area contributed by atoms with Crippen LogP contribution in [-0.4, -0.2) is 23.0 Å². The van der Waals surface area contributed by atoms with Crippen molar-refractivity contribution < 1.29 is 13.7 Å². The lowest BCUT2D eigenvalue weighted by Gasteiger charge is -2.14. The number of hydrogen-bond acceptors (Lipinski definition) is 3. The molecule has 0 fully saturated rings. The minimum absolute atomic E-state index is 0.00557. The topological polar surface area (TPSA) is 55.4 Å². The number of ether oxygens (including phenoxy) is 1. The van der Waals surface area contributed by atoms with Gasteiger partial charge in [-0.2, -0.15) is 0 Å². The van der Waals surface area contributed by atoms with Crippen LogP contribution in [-0.2, 0) is 21.3 Å². The molecule has 4 nitrogen and oxygen atoms in total. The summed E-state index contributed by atoms with van der Waals surface area (Å²) in [5.74, 6) is 0.850. The molecular formula is C18H21NO3S. The molecule has 1 amide bonds. The van der Waals surface area contributed by atoms with Crippen LogP contribution in [0.25, 0.3) is 0 Å². The van der Waals surface area contributed by atoms with Crippen molar-refractivity contribution in [3.8, 4) is 5.75 Å². The molecule has 23 heavy (non-hydrogen) atoms. The Hall–Kier alpha value is -2.14. The first-order valence-electron chi connectivity index (χ1n) is 7.40. The van der Waals surface area contributed by atoms with E-state index >= 15 is 0 Å². The predicted molar refractivity (Wildman–Crippen MR) is 92.7 cm³/mol. The molecule has 2 aromatic rings. The molecule has 2 aromatic carbocycles. The second kappa shape index (κ2) is 8.48. The summed E-state index contributed by atoms with van der Waals surface area (Å²) in [6.45, 7) is 1.91. The zero-order valence-electron chi connectivity index (χ0n) is 13.3. The van der Waals surface area contributed by atoms with Gasteiger partial charge in [0.05, 0.1) is 13.2 Å². The van der Waals surface area contributed by atoms with Gasteiger partial charge in [-0.3, -0.25) is 9.00 Å². The molecule has 2 rings (SSSR count). The van der Waals surface area contributed by atoms with Crippen molar-refractivity contribution in [3.63, 3.8) is 0 Å². The first-order valence-corrected chi connectivity index (χ1v) is 8.89. The normalized spacial score (nSPS) is 13.1. The van der Waals surface area contributed by atoms with Gasteiger partial charge in [-0.25, -0.2) is 0 Å². The van der Waals surface area contributed by atoms with Crippen LogP contribution in [0.2, 0.25) is 0 Å². The Morgan fingerprint density at radius 1 is 1.17 bits per heavy atom. The van der Waals surface area contributed by atoms with E-state index in [4.69, 9.17) is 4.74 Å². The van der Waals surface area contributed by atoms with Crippen LogP contribution in [0.3, 0.4) is 0 Å². The van der Waals surface area contributed by atoms with Crippen molar-refractivity contribution >= 4 is 16.7 Å². The highest BCUT2D eigenvalue weighted by Gasteiger charge is 2.13. The van der Waals surface area contributed by atoms with E-state index in [9.17, 15) is 9.00 Å². The summed E-state index contributed by atoms with van der Waals surface area (Å²) in [7, 11) is 0.340. The van der Waals surface area contributed by atoms with Crippen LogP contribution >= 0.6 is 0 Å². The lowest BCUT2D eigenvalue weighted by atomic mass is 10.1. The summed E-state index contributed by atoms with van der Waals surface area (Å²) in [6, 6.07) is 17.0. The summed E-state index contributed by atoms with van der Waals surface area (Å²) in [6.07, 6.45) is 0. The van der Waals surface area contributed by atoms with Gasteiger partial charge >= 0.3 is 0 Å². The van der Waals surface area contributed by atoms with Crippen molar-refractivity contribution in [1.29, 1.82) is 0 Å². The van der Waals surface area contributed by atoms with Gasteiger partial charge < -0.3 is 10.1 Å². The number of carbonyl (C=O) groups is 1. The molecular weight excluding hydrogens is 310 g/mol. The number of hydrogen-bond donors (Lipinski definition) is 1. The maximum Gasteiger partial charge on any atom is 0.233 e. The van der Waals surface area contributed by atoms with Crippen LogP contribution in [0, 0.1) is 0 Å². The highest BCUT2D eigenvalue weighted by Crippen LogP contribution is 2.14. The highest BCUT2D eigenvalue weighted by atomic mass is 32.2. The number of nitrogens with one attached hydrogen (secondary N) is 1. The highest BCUT2D eigenvalue weighted by molar-refractivity contribution is 7.84. The second-order valence-electron chi connectivity index (χ2n) is 5.28. The largest absolute Gasteiger partial charge is 0.497 e. The van der Waals surface area contributed by atoms with Crippen molar-refractivity contribution in [1.82, 2.24) is 5.32 Å². The average Bonchev–Trinajstić information content (AvgIpc) is 2.55. The Labute approximate surface area is 139 Å². The van der Waals surface area contributed by atoms with Gasteiger partial charge in [0.15, 0.2) is 0 Å². The van der Waals surface area contributed by atoms with Gasteiger partial charge in [-0.1, -0.05) is 42.5 Å². The monoisotopic (exact) mass is 331 g/mol. The van der Waals surface area contributed by atoms with E-state index in [0.29, 0.717) is 5.75 Å². The van der Waals surface area contributed by atoms with Gasteiger partial charge in [0.1, 0.15) is 11.5 Å². The van der Waals surface area contributed by atoms with Crippen molar-refractivity contribution in [3.05, 3.63) is 65.7 Å².